The summed E-state index contributed by atoms with van der Waals surface area (Å²) in [5.74, 6) is 1.05. The first-order chi connectivity index (χ1) is 7.72. The van der Waals surface area contributed by atoms with Crippen LogP contribution in [0.1, 0.15) is 44.8 Å². The molecule has 16 heavy (non-hydrogen) atoms. The molecule has 2 rings (SSSR count). The van der Waals surface area contributed by atoms with Crippen LogP contribution < -0.4 is 4.90 Å². The van der Waals surface area contributed by atoms with Gasteiger partial charge in [-0.2, -0.15) is 0 Å². The summed E-state index contributed by atoms with van der Waals surface area (Å²) in [5, 5.41) is 9.42. The summed E-state index contributed by atoms with van der Waals surface area (Å²) >= 11 is 0. The Labute approximate surface area is 97.1 Å². The topological polar surface area (TPSA) is 36.4 Å². The molecule has 1 unspecified atom stereocenters. The van der Waals surface area contributed by atoms with Crippen molar-refractivity contribution in [3.63, 3.8) is 0 Å². The highest BCUT2D eigenvalue weighted by Gasteiger charge is 2.29. The number of aromatic nitrogens is 1. The van der Waals surface area contributed by atoms with Crippen molar-refractivity contribution in [3.8, 4) is 0 Å². The molecule has 1 atom stereocenters. The molecule has 0 aliphatic heterocycles. The molecule has 0 aromatic carbocycles. The second-order valence-corrected chi connectivity index (χ2v) is 4.55. The molecule has 1 saturated carbocycles. The molecule has 1 aromatic rings. The van der Waals surface area contributed by atoms with Gasteiger partial charge in [-0.25, -0.2) is 4.98 Å². The number of hydrogen-bond donors (Lipinski definition) is 1. The first-order valence-corrected chi connectivity index (χ1v) is 6.13. The van der Waals surface area contributed by atoms with E-state index in [1.807, 2.05) is 12.1 Å². The lowest BCUT2D eigenvalue weighted by atomic mass is 10.2. The summed E-state index contributed by atoms with van der Waals surface area (Å²) in [6, 6.07) is 4.69. The van der Waals surface area contributed by atoms with E-state index in [0.717, 1.165) is 24.3 Å². The van der Waals surface area contributed by atoms with Gasteiger partial charge in [-0.1, -0.05) is 13.0 Å². The monoisotopic (exact) mass is 220 g/mol. The Kier molecular flexibility index (Phi) is 3.44. The lowest BCUT2D eigenvalue weighted by Crippen LogP contribution is -2.27. The molecule has 0 bridgehead atoms. The lowest BCUT2D eigenvalue weighted by molar-refractivity contribution is 0.199. The molecule has 0 saturated heterocycles. The van der Waals surface area contributed by atoms with Crippen LogP contribution in [0, 0.1) is 0 Å². The van der Waals surface area contributed by atoms with E-state index in [1.165, 1.54) is 12.8 Å². The zero-order chi connectivity index (χ0) is 11.5. The summed E-state index contributed by atoms with van der Waals surface area (Å²) in [6.07, 6.45) is 5.09. The first-order valence-electron chi connectivity index (χ1n) is 6.13. The van der Waals surface area contributed by atoms with Gasteiger partial charge in [0.25, 0.3) is 0 Å². The first kappa shape index (κ1) is 11.4. The van der Waals surface area contributed by atoms with Crippen molar-refractivity contribution in [2.24, 2.45) is 0 Å². The van der Waals surface area contributed by atoms with E-state index < -0.39 is 6.10 Å². The number of nitrogens with zero attached hydrogens (tertiary/aromatic N) is 2. The molecule has 3 nitrogen and oxygen atoms in total. The molecule has 1 N–H and O–H groups in total. The van der Waals surface area contributed by atoms with Gasteiger partial charge in [0.15, 0.2) is 0 Å². The standard InChI is InChI=1S/C13H20N2O/c1-3-8-15(12-5-6-12)13-7-4-11(9-14-13)10(2)16/h4,7,9-10,12,16H,3,5-6,8H2,1-2H3. The Morgan fingerprint density at radius 1 is 1.50 bits per heavy atom. The van der Waals surface area contributed by atoms with E-state index in [2.05, 4.69) is 16.8 Å². The van der Waals surface area contributed by atoms with Crippen molar-refractivity contribution in [2.75, 3.05) is 11.4 Å². The average Bonchev–Trinajstić information content (AvgIpc) is 3.10. The van der Waals surface area contributed by atoms with Crippen molar-refractivity contribution >= 4 is 5.82 Å². The summed E-state index contributed by atoms with van der Waals surface area (Å²) in [4.78, 5) is 6.83. The molecule has 0 spiro atoms. The highest BCUT2D eigenvalue weighted by Crippen LogP contribution is 2.30. The van der Waals surface area contributed by atoms with E-state index >= 15 is 0 Å². The molecule has 1 aliphatic rings. The predicted octanol–water partition coefficient (Wildman–Crippen LogP) is 2.51. The maximum atomic E-state index is 9.42. The van der Waals surface area contributed by atoms with E-state index in [9.17, 15) is 5.11 Å². The average molecular weight is 220 g/mol. The lowest BCUT2D eigenvalue weighted by Gasteiger charge is -2.23. The van der Waals surface area contributed by atoms with E-state index in [0.29, 0.717) is 6.04 Å². The van der Waals surface area contributed by atoms with E-state index in [4.69, 9.17) is 0 Å². The highest BCUT2D eigenvalue weighted by molar-refractivity contribution is 5.42. The zero-order valence-electron chi connectivity index (χ0n) is 10.1. The van der Waals surface area contributed by atoms with Crippen LogP contribution >= 0.6 is 0 Å². The second kappa shape index (κ2) is 4.83. The van der Waals surface area contributed by atoms with Crippen molar-refractivity contribution in [2.45, 2.75) is 45.3 Å². The molecule has 0 amide bonds. The summed E-state index contributed by atoms with van der Waals surface area (Å²) in [7, 11) is 0. The molecule has 1 aliphatic carbocycles. The minimum Gasteiger partial charge on any atom is -0.389 e. The molecule has 1 fully saturated rings. The van der Waals surface area contributed by atoms with Gasteiger partial charge in [-0.05, 0) is 37.8 Å². The molecular weight excluding hydrogens is 200 g/mol. The highest BCUT2D eigenvalue weighted by atomic mass is 16.3. The Bertz CT molecular complexity index is 330. The Morgan fingerprint density at radius 2 is 2.25 bits per heavy atom. The predicted molar refractivity (Wildman–Crippen MR) is 65.5 cm³/mol. The van der Waals surface area contributed by atoms with Crippen LogP contribution in [0.25, 0.3) is 0 Å². The summed E-state index contributed by atoms with van der Waals surface area (Å²) in [5.41, 5.74) is 0.885. The van der Waals surface area contributed by atoms with Crippen molar-refractivity contribution in [1.29, 1.82) is 0 Å². The Balaban J connectivity index is 2.11. The van der Waals surface area contributed by atoms with Crippen LogP contribution in [0.15, 0.2) is 18.3 Å². The van der Waals surface area contributed by atoms with Gasteiger partial charge in [-0.15, -0.1) is 0 Å². The summed E-state index contributed by atoms with van der Waals surface area (Å²) < 4.78 is 0. The molecular formula is C13H20N2O. The minimum atomic E-state index is -0.429. The quantitative estimate of drug-likeness (QED) is 0.828. The fraction of sp³-hybridized carbons (Fsp3) is 0.615. The fourth-order valence-corrected chi connectivity index (χ4v) is 1.93. The van der Waals surface area contributed by atoms with Gasteiger partial charge in [0.05, 0.1) is 6.10 Å². The maximum absolute atomic E-state index is 9.42. The third-order valence-electron chi connectivity index (χ3n) is 3.00. The number of rotatable bonds is 5. The molecule has 1 heterocycles. The molecule has 88 valence electrons. The van der Waals surface area contributed by atoms with E-state index in [1.54, 1.807) is 13.1 Å². The van der Waals surface area contributed by atoms with Crippen LogP contribution in [0.4, 0.5) is 5.82 Å². The fourth-order valence-electron chi connectivity index (χ4n) is 1.93. The van der Waals surface area contributed by atoms with Crippen molar-refractivity contribution in [1.82, 2.24) is 4.98 Å². The van der Waals surface area contributed by atoms with Gasteiger partial charge < -0.3 is 10.0 Å². The van der Waals surface area contributed by atoms with Gasteiger partial charge in [0.2, 0.25) is 0 Å². The smallest absolute Gasteiger partial charge is 0.128 e. The third kappa shape index (κ3) is 2.53. The Hall–Kier alpha value is -1.09. The SMILES string of the molecule is CCCN(c1ccc(C(C)O)cn1)C1CC1. The third-order valence-corrected chi connectivity index (χ3v) is 3.00. The zero-order valence-corrected chi connectivity index (χ0v) is 10.1. The number of anilines is 1. The molecule has 0 radical (unpaired) electrons. The largest absolute Gasteiger partial charge is 0.389 e. The Morgan fingerprint density at radius 3 is 2.69 bits per heavy atom. The minimum absolute atomic E-state index is 0.429. The van der Waals surface area contributed by atoms with Crippen LogP contribution in [-0.4, -0.2) is 22.7 Å². The van der Waals surface area contributed by atoms with Crippen LogP contribution in [0.3, 0.4) is 0 Å². The van der Waals surface area contributed by atoms with Gasteiger partial charge in [0.1, 0.15) is 5.82 Å². The number of aliphatic hydroxyl groups excluding tert-OH is 1. The second-order valence-electron chi connectivity index (χ2n) is 4.55. The van der Waals surface area contributed by atoms with Crippen LogP contribution in [0.2, 0.25) is 0 Å². The number of aliphatic hydroxyl groups is 1. The van der Waals surface area contributed by atoms with Gasteiger partial charge in [0, 0.05) is 18.8 Å². The normalized spacial score (nSPS) is 17.2. The molecule has 3 heteroatoms. The van der Waals surface area contributed by atoms with Crippen LogP contribution in [-0.2, 0) is 0 Å². The number of pyridine rings is 1. The maximum Gasteiger partial charge on any atom is 0.128 e. The van der Waals surface area contributed by atoms with Crippen molar-refractivity contribution < 1.29 is 5.11 Å². The van der Waals surface area contributed by atoms with Gasteiger partial charge in [-0.3, -0.25) is 0 Å². The van der Waals surface area contributed by atoms with Gasteiger partial charge >= 0.3 is 0 Å². The molecule has 1 aromatic heterocycles. The van der Waals surface area contributed by atoms with E-state index in [-0.39, 0.29) is 0 Å². The van der Waals surface area contributed by atoms with Crippen LogP contribution in [0.5, 0.6) is 0 Å². The number of hydrogen-bond acceptors (Lipinski definition) is 3. The summed E-state index contributed by atoms with van der Waals surface area (Å²) in [6.45, 7) is 5.03. The van der Waals surface area contributed by atoms with Crippen molar-refractivity contribution in [3.05, 3.63) is 23.9 Å².